The highest BCUT2D eigenvalue weighted by Gasteiger charge is 2.35. The summed E-state index contributed by atoms with van der Waals surface area (Å²) in [4.78, 5) is 18.2. The number of fused-ring (bicyclic) bond motifs is 1. The molecule has 1 aliphatic rings. The second-order valence-corrected chi connectivity index (χ2v) is 7.75. The number of benzene rings is 2. The molecule has 2 heterocycles. The van der Waals surface area contributed by atoms with Gasteiger partial charge in [0, 0.05) is 29.6 Å². The van der Waals surface area contributed by atoms with Crippen molar-refractivity contribution in [2.75, 3.05) is 13.7 Å². The summed E-state index contributed by atoms with van der Waals surface area (Å²) in [7, 11) is 1.65. The Hall–Kier alpha value is -2.63. The van der Waals surface area contributed by atoms with E-state index < -0.39 is 6.09 Å². The number of methoxy groups -OCH3 is 1. The lowest BCUT2D eigenvalue weighted by molar-refractivity contribution is 0.00177. The first-order valence-electron chi connectivity index (χ1n) is 9.76. The van der Waals surface area contributed by atoms with Crippen LogP contribution in [0.15, 0.2) is 54.6 Å². The first kappa shape index (κ1) is 19.7. The molecule has 29 heavy (non-hydrogen) atoms. The number of likely N-dealkylation sites (tertiary alicyclic amines) is 1. The number of carbonyl (C=O) groups is 1. The van der Waals surface area contributed by atoms with Crippen LogP contribution in [-0.4, -0.2) is 40.8 Å². The number of amides is 1. The quantitative estimate of drug-likeness (QED) is 0.592. The van der Waals surface area contributed by atoms with E-state index in [1.807, 2.05) is 54.6 Å². The topological polar surface area (TPSA) is 62.7 Å². The molecule has 0 saturated carbocycles. The predicted octanol–water partition coefficient (Wildman–Crippen LogP) is 5.78. The summed E-state index contributed by atoms with van der Waals surface area (Å²) in [5.41, 5.74) is 3.58. The molecule has 0 aliphatic carbocycles. The molecule has 0 spiro atoms. The van der Waals surface area contributed by atoms with Crippen molar-refractivity contribution in [2.45, 2.75) is 31.4 Å². The first-order chi connectivity index (χ1) is 14.1. The summed E-state index contributed by atoms with van der Waals surface area (Å²) in [6.45, 7) is 0.535. The van der Waals surface area contributed by atoms with E-state index in [-0.39, 0.29) is 12.1 Å². The normalized spacial score (nSPS) is 18.0. The molecular weight excluding hydrogens is 388 g/mol. The number of hydrogen-bond donors (Lipinski definition) is 1. The van der Waals surface area contributed by atoms with Crippen LogP contribution >= 0.6 is 11.6 Å². The largest absolute Gasteiger partial charge is 0.465 e. The van der Waals surface area contributed by atoms with Crippen LogP contribution in [-0.2, 0) is 4.74 Å². The molecule has 1 aliphatic heterocycles. The molecule has 2 atom stereocenters. The number of para-hydroxylation sites is 1. The van der Waals surface area contributed by atoms with Gasteiger partial charge in [0.05, 0.1) is 17.3 Å². The molecular formula is C23H23ClN2O3. The smallest absolute Gasteiger partial charge is 0.407 e. The SMILES string of the molecule is COC(c1cc(-c2ccc(Cl)cc2)nc2ccccc12)C1CCCCN1C(=O)O. The Bertz CT molecular complexity index is 1020. The number of halogens is 1. The minimum Gasteiger partial charge on any atom is -0.465 e. The zero-order valence-corrected chi connectivity index (χ0v) is 17.0. The van der Waals surface area contributed by atoms with Crippen LogP contribution in [0.1, 0.15) is 30.9 Å². The van der Waals surface area contributed by atoms with E-state index in [0.717, 1.165) is 47.0 Å². The average Bonchev–Trinajstić information content (AvgIpc) is 2.75. The Balaban J connectivity index is 1.86. The third-order valence-corrected chi connectivity index (χ3v) is 5.85. The molecule has 1 N–H and O–H groups in total. The number of rotatable bonds is 4. The van der Waals surface area contributed by atoms with Crippen molar-refractivity contribution in [3.63, 3.8) is 0 Å². The van der Waals surface area contributed by atoms with Gasteiger partial charge in [-0.25, -0.2) is 9.78 Å². The zero-order valence-electron chi connectivity index (χ0n) is 16.2. The molecule has 5 nitrogen and oxygen atoms in total. The average molecular weight is 411 g/mol. The standard InChI is InChI=1S/C23H23ClN2O3/c1-29-22(21-8-4-5-13-26(21)23(27)28)18-14-20(15-9-11-16(24)12-10-15)25-19-7-3-2-6-17(18)19/h2-3,6-7,9-12,14,21-22H,4-5,8,13H2,1H3,(H,27,28). The van der Waals surface area contributed by atoms with Crippen LogP contribution in [0, 0.1) is 0 Å². The molecule has 150 valence electrons. The molecule has 1 fully saturated rings. The monoisotopic (exact) mass is 410 g/mol. The van der Waals surface area contributed by atoms with Gasteiger partial charge < -0.3 is 14.7 Å². The second-order valence-electron chi connectivity index (χ2n) is 7.32. The van der Waals surface area contributed by atoms with Crippen molar-refractivity contribution < 1.29 is 14.6 Å². The lowest BCUT2D eigenvalue weighted by Crippen LogP contribution is -2.46. The van der Waals surface area contributed by atoms with Gasteiger partial charge in [-0.15, -0.1) is 0 Å². The minimum absolute atomic E-state index is 0.227. The number of nitrogens with zero attached hydrogens (tertiary/aromatic N) is 2. The summed E-state index contributed by atoms with van der Waals surface area (Å²) >= 11 is 6.04. The fourth-order valence-electron chi connectivity index (χ4n) is 4.21. The minimum atomic E-state index is -0.895. The van der Waals surface area contributed by atoms with E-state index in [1.54, 1.807) is 7.11 Å². The van der Waals surface area contributed by atoms with Gasteiger partial charge in [0.15, 0.2) is 0 Å². The van der Waals surface area contributed by atoms with Gasteiger partial charge in [-0.05, 0) is 49.1 Å². The zero-order chi connectivity index (χ0) is 20.4. The molecule has 3 aromatic rings. The van der Waals surface area contributed by atoms with Crippen molar-refractivity contribution in [1.82, 2.24) is 9.88 Å². The molecule has 0 bridgehead atoms. The number of carboxylic acid groups (broad SMARTS) is 1. The third kappa shape index (κ3) is 3.93. The maximum atomic E-state index is 11.8. The highest BCUT2D eigenvalue weighted by Crippen LogP contribution is 2.36. The fraction of sp³-hybridized carbons (Fsp3) is 0.304. The van der Waals surface area contributed by atoms with Crippen LogP contribution in [0.4, 0.5) is 4.79 Å². The van der Waals surface area contributed by atoms with Crippen molar-refractivity contribution >= 4 is 28.6 Å². The summed E-state index contributed by atoms with van der Waals surface area (Å²) in [5.74, 6) is 0. The molecule has 1 amide bonds. The van der Waals surface area contributed by atoms with Crippen molar-refractivity contribution in [1.29, 1.82) is 0 Å². The van der Waals surface area contributed by atoms with E-state index in [2.05, 4.69) is 0 Å². The maximum Gasteiger partial charge on any atom is 0.407 e. The van der Waals surface area contributed by atoms with Gasteiger partial charge in [-0.3, -0.25) is 0 Å². The predicted molar refractivity (Wildman–Crippen MR) is 114 cm³/mol. The Labute approximate surface area is 174 Å². The van der Waals surface area contributed by atoms with Gasteiger partial charge in [0.1, 0.15) is 6.10 Å². The van der Waals surface area contributed by atoms with Gasteiger partial charge >= 0.3 is 6.09 Å². The van der Waals surface area contributed by atoms with Crippen LogP contribution < -0.4 is 0 Å². The molecule has 2 aromatic carbocycles. The highest BCUT2D eigenvalue weighted by atomic mass is 35.5. The van der Waals surface area contributed by atoms with Gasteiger partial charge in [0.2, 0.25) is 0 Å². The van der Waals surface area contributed by atoms with E-state index in [1.165, 1.54) is 4.90 Å². The molecule has 4 rings (SSSR count). The summed E-state index contributed by atoms with van der Waals surface area (Å²) in [6, 6.07) is 17.3. The molecule has 6 heteroatoms. The van der Waals surface area contributed by atoms with Crippen LogP contribution in [0.25, 0.3) is 22.2 Å². The fourth-order valence-corrected chi connectivity index (χ4v) is 4.33. The Morgan fingerprint density at radius 1 is 1.21 bits per heavy atom. The molecule has 1 aromatic heterocycles. The number of hydrogen-bond acceptors (Lipinski definition) is 3. The maximum absolute atomic E-state index is 11.8. The summed E-state index contributed by atoms with van der Waals surface area (Å²) < 4.78 is 5.92. The van der Waals surface area contributed by atoms with Gasteiger partial charge in [-0.1, -0.05) is 41.9 Å². The second kappa shape index (κ2) is 8.39. The lowest BCUT2D eigenvalue weighted by atomic mass is 9.90. The molecule has 0 radical (unpaired) electrons. The Kier molecular flexibility index (Phi) is 5.69. The Morgan fingerprint density at radius 3 is 2.69 bits per heavy atom. The third-order valence-electron chi connectivity index (χ3n) is 5.59. The van der Waals surface area contributed by atoms with Gasteiger partial charge in [0.25, 0.3) is 0 Å². The van der Waals surface area contributed by atoms with Crippen LogP contribution in [0.3, 0.4) is 0 Å². The van der Waals surface area contributed by atoms with E-state index in [0.29, 0.717) is 11.6 Å². The Morgan fingerprint density at radius 2 is 1.97 bits per heavy atom. The highest BCUT2D eigenvalue weighted by molar-refractivity contribution is 6.30. The first-order valence-corrected chi connectivity index (χ1v) is 10.1. The van der Waals surface area contributed by atoms with Crippen molar-refractivity contribution in [3.8, 4) is 11.3 Å². The van der Waals surface area contributed by atoms with E-state index in [9.17, 15) is 9.90 Å². The number of aromatic nitrogens is 1. The number of ether oxygens (including phenoxy) is 1. The van der Waals surface area contributed by atoms with E-state index in [4.69, 9.17) is 21.3 Å². The summed E-state index contributed by atoms with van der Waals surface area (Å²) in [6.07, 6.45) is 1.38. The van der Waals surface area contributed by atoms with Crippen molar-refractivity contribution in [2.24, 2.45) is 0 Å². The lowest BCUT2D eigenvalue weighted by Gasteiger charge is -2.38. The summed E-state index contributed by atoms with van der Waals surface area (Å²) in [5, 5.41) is 11.4. The molecule has 2 unspecified atom stereocenters. The van der Waals surface area contributed by atoms with Gasteiger partial charge in [-0.2, -0.15) is 0 Å². The van der Waals surface area contributed by atoms with E-state index >= 15 is 0 Å². The van der Waals surface area contributed by atoms with Crippen LogP contribution in [0.2, 0.25) is 5.02 Å². The van der Waals surface area contributed by atoms with Crippen molar-refractivity contribution in [3.05, 3.63) is 65.2 Å². The van der Waals surface area contributed by atoms with Crippen LogP contribution in [0.5, 0.6) is 0 Å². The number of piperidine rings is 1. The number of pyridine rings is 1. The molecule has 1 saturated heterocycles.